The van der Waals surface area contributed by atoms with E-state index in [0.717, 1.165) is 34.8 Å². The SMILES string of the molecule is CC[n+]1c(C)oc2ccccc21.Cc1ccc(S(=O)(=O)[O-])cc1.Cc1nc2ccccc2[n+](C)c1C.[I-]. The molecule has 3 aromatic carbocycles. The summed E-state index contributed by atoms with van der Waals surface area (Å²) in [6, 6.07) is 22.1. The van der Waals surface area contributed by atoms with Crippen molar-refractivity contribution >= 4 is 32.3 Å². The molecule has 196 valence electrons. The molecule has 37 heavy (non-hydrogen) atoms. The molecule has 0 aliphatic carbocycles. The molecule has 0 saturated heterocycles. The third-order valence-electron chi connectivity index (χ3n) is 5.98. The lowest BCUT2D eigenvalue weighted by molar-refractivity contribution is -0.679. The van der Waals surface area contributed by atoms with Crippen LogP contribution >= 0.6 is 0 Å². The predicted molar refractivity (Wildman–Crippen MR) is 138 cm³/mol. The van der Waals surface area contributed by atoms with E-state index in [1.54, 1.807) is 12.1 Å². The molecule has 0 spiro atoms. The number of aryl methyl sites for hydroxylation is 5. The number of rotatable bonds is 2. The van der Waals surface area contributed by atoms with Gasteiger partial charge in [0.15, 0.2) is 5.69 Å². The van der Waals surface area contributed by atoms with Crippen LogP contribution < -0.4 is 33.1 Å². The van der Waals surface area contributed by atoms with Crippen LogP contribution in [0.1, 0.15) is 29.8 Å². The van der Waals surface area contributed by atoms with Crippen LogP contribution in [-0.2, 0) is 23.7 Å². The molecule has 0 bridgehead atoms. The standard InChI is InChI=1S/C11H13N2.C10H12NO.C7H8O3S.HI/c1-8-9(2)13(3)11-7-5-4-6-10(11)12-8;1-3-11-8(2)12-10-7-5-4-6-9(10)11;1-6-2-4-7(5-3-6)11(8,9)10;/h4-7H,1-3H3;4-7H,3H2,1-2H3;2-5H,1H3,(H,8,9,10);1H/q2*+1;;/p-2. The van der Waals surface area contributed by atoms with Gasteiger partial charge < -0.3 is 32.9 Å². The van der Waals surface area contributed by atoms with Gasteiger partial charge in [-0.05, 0) is 45.0 Å². The Balaban J connectivity index is 0.000000193. The Hall–Kier alpha value is -2.89. The van der Waals surface area contributed by atoms with Crippen molar-refractivity contribution in [3.63, 3.8) is 0 Å². The van der Waals surface area contributed by atoms with E-state index in [-0.39, 0.29) is 28.9 Å². The van der Waals surface area contributed by atoms with E-state index in [0.29, 0.717) is 0 Å². The summed E-state index contributed by atoms with van der Waals surface area (Å²) in [5.41, 5.74) is 7.64. The summed E-state index contributed by atoms with van der Waals surface area (Å²) in [5, 5.41) is 0. The Morgan fingerprint density at radius 1 is 0.865 bits per heavy atom. The third kappa shape index (κ3) is 7.56. The van der Waals surface area contributed by atoms with Gasteiger partial charge in [-0.1, -0.05) is 42.0 Å². The minimum absolute atomic E-state index is 0. The van der Waals surface area contributed by atoms with Crippen LogP contribution in [0.25, 0.3) is 22.1 Å². The highest BCUT2D eigenvalue weighted by molar-refractivity contribution is 7.85. The van der Waals surface area contributed by atoms with Gasteiger partial charge in [0.1, 0.15) is 34.9 Å². The van der Waals surface area contributed by atoms with Crippen LogP contribution in [-0.4, -0.2) is 18.0 Å². The number of fused-ring (bicyclic) bond motifs is 2. The van der Waals surface area contributed by atoms with Crippen molar-refractivity contribution in [2.75, 3.05) is 0 Å². The summed E-state index contributed by atoms with van der Waals surface area (Å²) < 4.78 is 41.1. The van der Waals surface area contributed by atoms with E-state index < -0.39 is 10.1 Å². The van der Waals surface area contributed by atoms with Crippen LogP contribution in [0.5, 0.6) is 0 Å². The van der Waals surface area contributed by atoms with Crippen molar-refractivity contribution in [2.24, 2.45) is 7.05 Å². The van der Waals surface area contributed by atoms with Gasteiger partial charge in [0.2, 0.25) is 11.1 Å². The van der Waals surface area contributed by atoms with Gasteiger partial charge in [0.05, 0.1) is 11.8 Å². The molecule has 0 fully saturated rings. The molecule has 0 aliphatic heterocycles. The van der Waals surface area contributed by atoms with Gasteiger partial charge in [0.25, 0.3) is 5.52 Å². The van der Waals surface area contributed by atoms with Crippen LogP contribution in [0.2, 0.25) is 0 Å². The number of nitrogens with zero attached hydrogens (tertiary/aromatic N) is 3. The van der Waals surface area contributed by atoms with Gasteiger partial charge in [-0.15, -0.1) is 0 Å². The quantitative estimate of drug-likeness (QED) is 0.168. The van der Waals surface area contributed by atoms with Crippen LogP contribution in [0.4, 0.5) is 0 Å². The first kappa shape index (κ1) is 30.3. The first-order chi connectivity index (χ1) is 17.0. The number of hydrogen-bond acceptors (Lipinski definition) is 5. The molecule has 5 rings (SSSR count). The molecule has 0 unspecified atom stereocenters. The minimum atomic E-state index is -4.27. The minimum Gasteiger partial charge on any atom is -1.00 e. The molecular formula is C28H32IN3O4S. The third-order valence-corrected chi connectivity index (χ3v) is 6.83. The number of halogens is 1. The second-order valence-corrected chi connectivity index (χ2v) is 9.81. The zero-order valence-corrected chi connectivity index (χ0v) is 24.9. The maximum absolute atomic E-state index is 10.4. The van der Waals surface area contributed by atoms with Crippen molar-refractivity contribution in [3.05, 3.63) is 95.6 Å². The highest BCUT2D eigenvalue weighted by atomic mass is 127. The molecule has 2 aromatic heterocycles. The zero-order chi connectivity index (χ0) is 26.5. The second kappa shape index (κ2) is 13.1. The Kier molecular flexibility index (Phi) is 10.7. The summed E-state index contributed by atoms with van der Waals surface area (Å²) >= 11 is 0. The van der Waals surface area contributed by atoms with Crippen LogP contribution in [0.15, 0.2) is 82.1 Å². The number of benzene rings is 3. The monoisotopic (exact) mass is 633 g/mol. The zero-order valence-electron chi connectivity index (χ0n) is 21.9. The highest BCUT2D eigenvalue weighted by Crippen LogP contribution is 2.12. The summed E-state index contributed by atoms with van der Waals surface area (Å²) in [5.74, 6) is 0.971. The van der Waals surface area contributed by atoms with Crippen molar-refractivity contribution < 1.29 is 50.5 Å². The van der Waals surface area contributed by atoms with Crippen molar-refractivity contribution in [1.82, 2.24) is 4.98 Å². The average Bonchev–Trinajstić information content (AvgIpc) is 3.18. The lowest BCUT2D eigenvalue weighted by Gasteiger charge is -2.05. The molecule has 2 heterocycles. The first-order valence-electron chi connectivity index (χ1n) is 11.7. The lowest BCUT2D eigenvalue weighted by Crippen LogP contribution is -3.00. The highest BCUT2D eigenvalue weighted by Gasteiger charge is 2.15. The summed E-state index contributed by atoms with van der Waals surface area (Å²) in [6.07, 6.45) is 0. The number of hydrogen-bond donors (Lipinski definition) is 0. The average molecular weight is 634 g/mol. The van der Waals surface area contributed by atoms with Crippen LogP contribution in [0.3, 0.4) is 0 Å². The topological polar surface area (TPSA) is 91.0 Å². The Morgan fingerprint density at radius 2 is 1.43 bits per heavy atom. The van der Waals surface area contributed by atoms with E-state index >= 15 is 0 Å². The van der Waals surface area contributed by atoms with E-state index in [4.69, 9.17) is 4.42 Å². The van der Waals surface area contributed by atoms with Crippen molar-refractivity contribution in [3.8, 4) is 0 Å². The van der Waals surface area contributed by atoms with Gasteiger partial charge in [0, 0.05) is 19.1 Å². The number of oxazole rings is 1. The van der Waals surface area contributed by atoms with Gasteiger partial charge in [-0.25, -0.2) is 13.4 Å². The number of para-hydroxylation sites is 4. The van der Waals surface area contributed by atoms with Gasteiger partial charge in [-0.3, -0.25) is 0 Å². The molecule has 0 saturated carbocycles. The molecular weight excluding hydrogens is 601 g/mol. The fraction of sp³-hybridized carbons (Fsp3) is 0.250. The van der Waals surface area contributed by atoms with E-state index in [1.807, 2.05) is 57.2 Å². The Bertz CT molecular complexity index is 1600. The molecule has 0 aliphatic rings. The molecule has 7 nitrogen and oxygen atoms in total. The predicted octanol–water partition coefficient (Wildman–Crippen LogP) is 1.63. The summed E-state index contributed by atoms with van der Waals surface area (Å²) in [6.45, 7) is 11.0. The molecule has 9 heteroatoms. The fourth-order valence-corrected chi connectivity index (χ4v) is 4.24. The van der Waals surface area contributed by atoms with Crippen molar-refractivity contribution in [2.45, 2.75) is 46.1 Å². The Morgan fingerprint density at radius 3 is 2.03 bits per heavy atom. The Labute approximate surface area is 235 Å². The maximum atomic E-state index is 10.4. The lowest BCUT2D eigenvalue weighted by atomic mass is 10.2. The van der Waals surface area contributed by atoms with Crippen LogP contribution in [0, 0.1) is 27.7 Å². The van der Waals surface area contributed by atoms with E-state index in [1.165, 1.54) is 28.9 Å². The van der Waals surface area contributed by atoms with E-state index in [2.05, 4.69) is 47.1 Å². The molecule has 0 atom stereocenters. The number of aromatic nitrogens is 3. The molecule has 0 N–H and O–H groups in total. The normalized spacial score (nSPS) is 10.7. The van der Waals surface area contributed by atoms with Gasteiger partial charge in [-0.2, -0.15) is 9.13 Å². The molecule has 0 radical (unpaired) electrons. The fourth-order valence-electron chi connectivity index (χ4n) is 3.78. The summed E-state index contributed by atoms with van der Waals surface area (Å²) in [7, 11) is -2.19. The maximum Gasteiger partial charge on any atom is 0.344 e. The second-order valence-electron chi connectivity index (χ2n) is 8.43. The molecule has 0 amide bonds. The van der Waals surface area contributed by atoms with Crippen molar-refractivity contribution in [1.29, 1.82) is 0 Å². The molecule has 5 aromatic rings. The van der Waals surface area contributed by atoms with E-state index in [9.17, 15) is 13.0 Å². The van der Waals surface area contributed by atoms with Gasteiger partial charge >= 0.3 is 5.89 Å². The summed E-state index contributed by atoms with van der Waals surface area (Å²) in [4.78, 5) is 4.34. The largest absolute Gasteiger partial charge is 1.00 e. The first-order valence-corrected chi connectivity index (χ1v) is 13.1. The smallest absolute Gasteiger partial charge is 0.344 e.